The van der Waals surface area contributed by atoms with Crippen LogP contribution in [-0.4, -0.2) is 33.2 Å². The van der Waals surface area contributed by atoms with Gasteiger partial charge in [-0.2, -0.15) is 0 Å². The van der Waals surface area contributed by atoms with Crippen molar-refractivity contribution < 1.29 is 14.3 Å². The molecule has 5 heteroatoms. The van der Waals surface area contributed by atoms with Crippen molar-refractivity contribution in [3.63, 3.8) is 0 Å². The molecule has 0 spiro atoms. The van der Waals surface area contributed by atoms with Gasteiger partial charge in [0, 0.05) is 0 Å². The predicted molar refractivity (Wildman–Crippen MR) is 119 cm³/mol. The second kappa shape index (κ2) is 11.0. The highest BCUT2D eigenvalue weighted by molar-refractivity contribution is 5.79. The van der Waals surface area contributed by atoms with Crippen LogP contribution in [0.1, 0.15) is 22.7 Å². The standard InChI is InChI=1S/C25H28N2O3/c1-29-22-14-13-19(17-23(22)30-2)15-16-26-18-24(28)27-25(20-9-5-3-6-10-20)21-11-7-4-8-12-21/h3-14,17,25-26H,15-16,18H2,1-2H3,(H,27,28). The van der Waals surface area contributed by atoms with E-state index in [1.165, 1.54) is 0 Å². The van der Waals surface area contributed by atoms with Crippen LogP contribution < -0.4 is 20.1 Å². The van der Waals surface area contributed by atoms with Gasteiger partial charge in [-0.05, 0) is 41.8 Å². The molecule has 0 unspecified atom stereocenters. The summed E-state index contributed by atoms with van der Waals surface area (Å²) in [4.78, 5) is 12.6. The highest BCUT2D eigenvalue weighted by Crippen LogP contribution is 2.27. The smallest absolute Gasteiger partial charge is 0.234 e. The third-order valence-electron chi connectivity index (χ3n) is 4.90. The highest BCUT2D eigenvalue weighted by Gasteiger charge is 2.16. The summed E-state index contributed by atoms with van der Waals surface area (Å²) < 4.78 is 10.6. The Labute approximate surface area is 178 Å². The molecule has 2 N–H and O–H groups in total. The summed E-state index contributed by atoms with van der Waals surface area (Å²) in [5, 5.41) is 6.37. The SMILES string of the molecule is COc1ccc(CCNCC(=O)NC(c2ccccc2)c2ccccc2)cc1OC. The number of hydrogen-bond donors (Lipinski definition) is 2. The summed E-state index contributed by atoms with van der Waals surface area (Å²) in [5.41, 5.74) is 3.23. The summed E-state index contributed by atoms with van der Waals surface area (Å²) in [6.07, 6.45) is 0.786. The van der Waals surface area contributed by atoms with Crippen LogP contribution in [-0.2, 0) is 11.2 Å². The third kappa shape index (κ3) is 5.84. The van der Waals surface area contributed by atoms with E-state index in [-0.39, 0.29) is 18.5 Å². The third-order valence-corrected chi connectivity index (χ3v) is 4.90. The van der Waals surface area contributed by atoms with Gasteiger partial charge < -0.3 is 20.1 Å². The number of hydrogen-bond acceptors (Lipinski definition) is 4. The van der Waals surface area contributed by atoms with Gasteiger partial charge in [0.2, 0.25) is 5.91 Å². The molecule has 0 aromatic heterocycles. The molecule has 0 bridgehead atoms. The van der Waals surface area contributed by atoms with Crippen molar-refractivity contribution in [3.05, 3.63) is 95.6 Å². The zero-order valence-corrected chi connectivity index (χ0v) is 17.4. The van der Waals surface area contributed by atoms with Gasteiger partial charge in [-0.3, -0.25) is 4.79 Å². The molecule has 0 aliphatic rings. The van der Waals surface area contributed by atoms with Gasteiger partial charge in [0.1, 0.15) is 0 Å². The normalized spacial score (nSPS) is 10.6. The molecule has 0 heterocycles. The topological polar surface area (TPSA) is 59.6 Å². The van der Waals surface area contributed by atoms with Crippen LogP contribution in [0.5, 0.6) is 11.5 Å². The van der Waals surface area contributed by atoms with Crippen molar-refractivity contribution in [2.24, 2.45) is 0 Å². The molecule has 0 aliphatic heterocycles. The molecular weight excluding hydrogens is 376 g/mol. The molecule has 0 saturated carbocycles. The lowest BCUT2D eigenvalue weighted by atomic mass is 9.99. The molecule has 0 atom stereocenters. The van der Waals surface area contributed by atoms with Crippen molar-refractivity contribution in [1.82, 2.24) is 10.6 Å². The zero-order valence-electron chi connectivity index (χ0n) is 17.4. The minimum atomic E-state index is -0.174. The number of benzene rings is 3. The summed E-state index contributed by atoms with van der Waals surface area (Å²) in [6.45, 7) is 0.938. The number of nitrogens with one attached hydrogen (secondary N) is 2. The van der Waals surface area contributed by atoms with E-state index < -0.39 is 0 Å². The highest BCUT2D eigenvalue weighted by atomic mass is 16.5. The van der Waals surface area contributed by atoms with Crippen LogP contribution >= 0.6 is 0 Å². The Kier molecular flexibility index (Phi) is 7.86. The summed E-state index contributed by atoms with van der Waals surface area (Å²) in [6, 6.07) is 25.7. The van der Waals surface area contributed by atoms with Gasteiger partial charge >= 0.3 is 0 Å². The minimum Gasteiger partial charge on any atom is -0.493 e. The van der Waals surface area contributed by atoms with Gasteiger partial charge in [0.15, 0.2) is 11.5 Å². The molecule has 5 nitrogen and oxygen atoms in total. The van der Waals surface area contributed by atoms with E-state index in [0.29, 0.717) is 18.0 Å². The quantitative estimate of drug-likeness (QED) is 0.506. The van der Waals surface area contributed by atoms with Crippen LogP contribution in [0.3, 0.4) is 0 Å². The number of ether oxygens (including phenoxy) is 2. The van der Waals surface area contributed by atoms with E-state index in [2.05, 4.69) is 10.6 Å². The Morgan fingerprint density at radius 3 is 2.00 bits per heavy atom. The minimum absolute atomic E-state index is 0.0417. The van der Waals surface area contributed by atoms with Crippen LogP contribution in [0.4, 0.5) is 0 Å². The summed E-state index contributed by atoms with van der Waals surface area (Å²) in [7, 11) is 3.25. The van der Waals surface area contributed by atoms with Gasteiger partial charge in [-0.15, -0.1) is 0 Å². The van der Waals surface area contributed by atoms with Crippen LogP contribution in [0.25, 0.3) is 0 Å². The van der Waals surface area contributed by atoms with E-state index in [1.807, 2.05) is 78.9 Å². The molecule has 0 aliphatic carbocycles. The fraction of sp³-hybridized carbons (Fsp3) is 0.240. The maximum atomic E-state index is 12.6. The Morgan fingerprint density at radius 1 is 0.833 bits per heavy atom. The molecule has 30 heavy (non-hydrogen) atoms. The monoisotopic (exact) mass is 404 g/mol. The van der Waals surface area contributed by atoms with Crippen molar-refractivity contribution in [1.29, 1.82) is 0 Å². The van der Waals surface area contributed by atoms with E-state index >= 15 is 0 Å². The molecule has 3 aromatic rings. The molecule has 0 saturated heterocycles. The maximum absolute atomic E-state index is 12.6. The molecule has 1 amide bonds. The molecule has 156 valence electrons. The molecule has 0 fully saturated rings. The summed E-state index contributed by atoms with van der Waals surface area (Å²) in [5.74, 6) is 1.38. The summed E-state index contributed by atoms with van der Waals surface area (Å²) >= 11 is 0. The average Bonchev–Trinajstić information content (AvgIpc) is 2.81. The number of methoxy groups -OCH3 is 2. The largest absolute Gasteiger partial charge is 0.493 e. The lowest BCUT2D eigenvalue weighted by Crippen LogP contribution is -2.37. The average molecular weight is 405 g/mol. The van der Waals surface area contributed by atoms with Gasteiger partial charge in [-0.1, -0.05) is 66.7 Å². The van der Waals surface area contributed by atoms with E-state index in [0.717, 1.165) is 23.1 Å². The fourth-order valence-electron chi connectivity index (χ4n) is 3.33. The maximum Gasteiger partial charge on any atom is 0.234 e. The van der Waals surface area contributed by atoms with Crippen LogP contribution in [0.2, 0.25) is 0 Å². The van der Waals surface area contributed by atoms with Gasteiger partial charge in [0.25, 0.3) is 0 Å². The first-order valence-electron chi connectivity index (χ1n) is 10.0. The number of carbonyl (C=O) groups is 1. The second-order valence-electron chi connectivity index (χ2n) is 6.94. The van der Waals surface area contributed by atoms with Gasteiger partial charge in [0.05, 0.1) is 26.8 Å². The first kappa shape index (κ1) is 21.4. The second-order valence-corrected chi connectivity index (χ2v) is 6.94. The lowest BCUT2D eigenvalue weighted by Gasteiger charge is -2.20. The van der Waals surface area contributed by atoms with Crippen LogP contribution in [0.15, 0.2) is 78.9 Å². The molecular formula is C25H28N2O3. The zero-order chi connectivity index (χ0) is 21.2. The first-order chi connectivity index (χ1) is 14.7. The fourth-order valence-corrected chi connectivity index (χ4v) is 3.33. The molecule has 0 radical (unpaired) electrons. The number of rotatable bonds is 10. The number of carbonyl (C=O) groups excluding carboxylic acids is 1. The van der Waals surface area contributed by atoms with E-state index in [9.17, 15) is 4.79 Å². The first-order valence-corrected chi connectivity index (χ1v) is 10.0. The van der Waals surface area contributed by atoms with Crippen molar-refractivity contribution in [2.75, 3.05) is 27.3 Å². The van der Waals surface area contributed by atoms with E-state index in [1.54, 1.807) is 14.2 Å². The van der Waals surface area contributed by atoms with Crippen LogP contribution in [0, 0.1) is 0 Å². The Balaban J connectivity index is 1.54. The molecule has 3 rings (SSSR count). The Bertz CT molecular complexity index is 890. The Morgan fingerprint density at radius 2 is 1.43 bits per heavy atom. The van der Waals surface area contributed by atoms with Crippen molar-refractivity contribution in [3.8, 4) is 11.5 Å². The Hall–Kier alpha value is -3.31. The lowest BCUT2D eigenvalue weighted by molar-refractivity contribution is -0.120. The van der Waals surface area contributed by atoms with Gasteiger partial charge in [-0.25, -0.2) is 0 Å². The number of amides is 1. The van der Waals surface area contributed by atoms with Crippen molar-refractivity contribution in [2.45, 2.75) is 12.5 Å². The predicted octanol–water partition coefficient (Wildman–Crippen LogP) is 3.74. The van der Waals surface area contributed by atoms with E-state index in [4.69, 9.17) is 9.47 Å². The van der Waals surface area contributed by atoms with Crippen molar-refractivity contribution >= 4 is 5.91 Å². The molecule has 3 aromatic carbocycles.